The number of alkyl halides is 2. The van der Waals surface area contributed by atoms with Crippen LogP contribution in [0.25, 0.3) is 5.65 Å². The molecule has 0 spiro atoms. The Hall–Kier alpha value is -2.38. The largest absolute Gasteiger partial charge is 0.331 e. The molecule has 6 nitrogen and oxygen atoms in total. The molecule has 3 heterocycles. The Morgan fingerprint density at radius 3 is 2.85 bits per heavy atom. The zero-order chi connectivity index (χ0) is 14.1. The van der Waals surface area contributed by atoms with Crippen LogP contribution in [0.15, 0.2) is 25.0 Å². The molecule has 0 unspecified atom stereocenters. The van der Waals surface area contributed by atoms with Crippen LogP contribution in [0.2, 0.25) is 0 Å². The lowest BCUT2D eigenvalue weighted by Gasteiger charge is -2.09. The average Bonchev–Trinajstić information content (AvgIpc) is 3.00. The third kappa shape index (κ3) is 2.36. The molecule has 0 aromatic carbocycles. The molecule has 0 saturated heterocycles. The first-order valence-corrected chi connectivity index (χ1v) is 6.07. The van der Waals surface area contributed by atoms with E-state index in [1.807, 2.05) is 0 Å². The maximum Gasteiger partial charge on any atom is 0.242 e. The zero-order valence-corrected chi connectivity index (χ0v) is 10.7. The van der Waals surface area contributed by atoms with Gasteiger partial charge in [0.25, 0.3) is 0 Å². The van der Waals surface area contributed by atoms with Crippen molar-refractivity contribution in [2.45, 2.75) is 26.3 Å². The van der Waals surface area contributed by atoms with E-state index in [2.05, 4.69) is 20.1 Å². The van der Waals surface area contributed by atoms with Crippen LogP contribution in [0.1, 0.15) is 17.1 Å². The second-order valence-corrected chi connectivity index (χ2v) is 4.43. The first-order valence-electron chi connectivity index (χ1n) is 6.07. The number of nitrogens with zero attached hydrogens (tertiary/aromatic N) is 6. The van der Waals surface area contributed by atoms with E-state index in [1.54, 1.807) is 30.2 Å². The van der Waals surface area contributed by atoms with Crippen molar-refractivity contribution >= 4 is 5.65 Å². The molecule has 0 radical (unpaired) electrons. The highest BCUT2D eigenvalue weighted by Gasteiger charge is 2.17. The van der Waals surface area contributed by atoms with Crippen LogP contribution in [0.4, 0.5) is 8.78 Å². The van der Waals surface area contributed by atoms with Crippen LogP contribution < -0.4 is 0 Å². The summed E-state index contributed by atoms with van der Waals surface area (Å²) in [5, 5.41) is 4.10. The summed E-state index contributed by atoms with van der Waals surface area (Å²) >= 11 is 0. The Bertz CT molecular complexity index is 719. The summed E-state index contributed by atoms with van der Waals surface area (Å²) in [4.78, 5) is 12.4. The van der Waals surface area contributed by atoms with Crippen LogP contribution in [-0.4, -0.2) is 35.6 Å². The Kier molecular flexibility index (Phi) is 3.13. The van der Waals surface area contributed by atoms with Gasteiger partial charge in [0.2, 0.25) is 6.43 Å². The van der Waals surface area contributed by atoms with E-state index in [-0.39, 0.29) is 6.42 Å². The van der Waals surface area contributed by atoms with E-state index in [4.69, 9.17) is 0 Å². The summed E-state index contributed by atoms with van der Waals surface area (Å²) in [6, 6.07) is 0. The number of aromatic nitrogens is 6. The molecule has 3 aromatic heterocycles. The van der Waals surface area contributed by atoms with E-state index >= 15 is 0 Å². The Labute approximate surface area is 113 Å². The molecule has 0 amide bonds. The van der Waals surface area contributed by atoms with E-state index in [9.17, 15) is 8.78 Å². The monoisotopic (exact) mass is 278 g/mol. The number of aryl methyl sites for hydroxylation is 1. The third-order valence-electron chi connectivity index (χ3n) is 2.93. The van der Waals surface area contributed by atoms with E-state index in [0.29, 0.717) is 29.3 Å². The van der Waals surface area contributed by atoms with E-state index in [0.717, 1.165) is 0 Å². The van der Waals surface area contributed by atoms with Crippen molar-refractivity contribution < 1.29 is 8.78 Å². The summed E-state index contributed by atoms with van der Waals surface area (Å²) in [5.41, 5.74) is 1.42. The maximum absolute atomic E-state index is 12.8. The number of hydrogen-bond acceptors (Lipinski definition) is 4. The molecule has 3 rings (SSSR count). The van der Waals surface area contributed by atoms with Crippen LogP contribution in [0.5, 0.6) is 0 Å². The topological polar surface area (TPSA) is 60.9 Å². The van der Waals surface area contributed by atoms with Crippen LogP contribution >= 0.6 is 0 Å². The minimum Gasteiger partial charge on any atom is -0.331 e. The van der Waals surface area contributed by atoms with Gasteiger partial charge in [0.1, 0.15) is 12.2 Å². The van der Waals surface area contributed by atoms with Crippen molar-refractivity contribution in [3.8, 4) is 0 Å². The van der Waals surface area contributed by atoms with Crippen molar-refractivity contribution in [3.63, 3.8) is 0 Å². The number of imidazole rings is 1. The number of rotatable bonds is 4. The molecule has 0 bridgehead atoms. The molecule has 0 aliphatic rings. The van der Waals surface area contributed by atoms with Gasteiger partial charge in [-0.1, -0.05) is 0 Å². The Morgan fingerprint density at radius 1 is 1.30 bits per heavy atom. The second-order valence-electron chi connectivity index (χ2n) is 4.43. The molecule has 0 N–H and O–H groups in total. The highest BCUT2D eigenvalue weighted by atomic mass is 19.3. The summed E-state index contributed by atoms with van der Waals surface area (Å²) < 4.78 is 28.8. The fourth-order valence-corrected chi connectivity index (χ4v) is 2.10. The fraction of sp³-hybridized carbons (Fsp3) is 0.333. The quantitative estimate of drug-likeness (QED) is 0.725. The van der Waals surface area contributed by atoms with Crippen molar-refractivity contribution in [2.24, 2.45) is 0 Å². The van der Waals surface area contributed by atoms with Crippen LogP contribution in [-0.2, 0) is 13.0 Å². The predicted molar refractivity (Wildman–Crippen MR) is 66.6 cm³/mol. The third-order valence-corrected chi connectivity index (χ3v) is 2.93. The van der Waals surface area contributed by atoms with Crippen molar-refractivity contribution in [1.29, 1.82) is 0 Å². The molecular formula is C12H12F2N6. The molecule has 0 atom stereocenters. The zero-order valence-electron chi connectivity index (χ0n) is 10.7. The number of hydrogen-bond donors (Lipinski definition) is 0. The molecule has 0 aliphatic heterocycles. The van der Waals surface area contributed by atoms with Gasteiger partial charge < -0.3 is 4.57 Å². The minimum atomic E-state index is -2.46. The summed E-state index contributed by atoms with van der Waals surface area (Å²) in [7, 11) is 0. The van der Waals surface area contributed by atoms with Gasteiger partial charge in [-0.3, -0.25) is 0 Å². The molecule has 0 aliphatic carbocycles. The van der Waals surface area contributed by atoms with Gasteiger partial charge >= 0.3 is 0 Å². The van der Waals surface area contributed by atoms with Crippen LogP contribution in [0.3, 0.4) is 0 Å². The molecule has 20 heavy (non-hydrogen) atoms. The highest BCUT2D eigenvalue weighted by Crippen LogP contribution is 2.17. The average molecular weight is 278 g/mol. The maximum atomic E-state index is 12.8. The van der Waals surface area contributed by atoms with E-state index in [1.165, 1.54) is 10.8 Å². The fourth-order valence-electron chi connectivity index (χ4n) is 2.10. The molecule has 104 valence electrons. The summed E-state index contributed by atoms with van der Waals surface area (Å²) in [6.45, 7) is 2.10. The van der Waals surface area contributed by atoms with Crippen molar-refractivity contribution in [3.05, 3.63) is 42.1 Å². The highest BCUT2D eigenvalue weighted by molar-refractivity contribution is 5.49. The lowest BCUT2D eigenvalue weighted by molar-refractivity contribution is 0.149. The van der Waals surface area contributed by atoms with Gasteiger partial charge in [-0.25, -0.2) is 28.2 Å². The second kappa shape index (κ2) is 4.95. The number of halogens is 2. The summed E-state index contributed by atoms with van der Waals surface area (Å²) in [5.74, 6) is 0.530. The van der Waals surface area contributed by atoms with Gasteiger partial charge in [0.15, 0.2) is 5.65 Å². The number of fused-ring (bicyclic) bond motifs is 1. The molecule has 8 heteroatoms. The molecule has 0 fully saturated rings. The van der Waals surface area contributed by atoms with Crippen LogP contribution in [0, 0.1) is 6.92 Å². The molecular weight excluding hydrogens is 266 g/mol. The lowest BCUT2D eigenvalue weighted by Crippen LogP contribution is -2.10. The van der Waals surface area contributed by atoms with Gasteiger partial charge in [-0.2, -0.15) is 5.10 Å². The summed E-state index contributed by atoms with van der Waals surface area (Å²) in [6.07, 6.45) is 3.66. The Balaban J connectivity index is 2.09. The van der Waals surface area contributed by atoms with Crippen molar-refractivity contribution in [2.75, 3.05) is 0 Å². The van der Waals surface area contributed by atoms with Gasteiger partial charge in [-0.15, -0.1) is 0 Å². The van der Waals surface area contributed by atoms with Gasteiger partial charge in [0, 0.05) is 24.4 Å². The smallest absolute Gasteiger partial charge is 0.242 e. The molecule has 3 aromatic rings. The molecule has 0 saturated carbocycles. The van der Waals surface area contributed by atoms with Gasteiger partial charge in [0.05, 0.1) is 18.6 Å². The standard InChI is InChI=1S/C12H12F2N6/c1-8-17-12-9(4-11(13)14)10(16-7-20(12)18-8)5-19-3-2-15-6-19/h2-3,6-7,11H,4-5H2,1H3. The van der Waals surface area contributed by atoms with Gasteiger partial charge in [-0.05, 0) is 6.92 Å². The SMILES string of the molecule is Cc1nc2c(CC(F)F)c(Cn3ccnc3)ncn2n1. The van der Waals surface area contributed by atoms with Crippen molar-refractivity contribution in [1.82, 2.24) is 29.1 Å². The normalized spacial score (nSPS) is 11.6. The Morgan fingerprint density at radius 2 is 2.15 bits per heavy atom. The first-order chi connectivity index (χ1) is 9.63. The van der Waals surface area contributed by atoms with E-state index < -0.39 is 6.43 Å². The predicted octanol–water partition coefficient (Wildman–Crippen LogP) is 1.49. The first kappa shape index (κ1) is 12.6. The lowest BCUT2D eigenvalue weighted by atomic mass is 10.1. The minimum absolute atomic E-state index is 0.379.